The summed E-state index contributed by atoms with van der Waals surface area (Å²) in [5.74, 6) is -1.73. The summed E-state index contributed by atoms with van der Waals surface area (Å²) < 4.78 is 1.16. The molecule has 1 saturated heterocycles. The van der Waals surface area contributed by atoms with E-state index in [0.29, 0.717) is 4.91 Å². The van der Waals surface area contributed by atoms with Gasteiger partial charge in [-0.2, -0.15) is 0 Å². The van der Waals surface area contributed by atoms with Crippen molar-refractivity contribution in [2.45, 2.75) is 12.5 Å². The fourth-order valence-corrected chi connectivity index (χ4v) is 4.20. The number of thiocarbonyl (C=S) groups is 1. The van der Waals surface area contributed by atoms with E-state index in [9.17, 15) is 14.7 Å². The average Bonchev–Trinajstić information content (AvgIpc) is 2.89. The van der Waals surface area contributed by atoms with Crippen LogP contribution < -0.4 is 5.11 Å². The van der Waals surface area contributed by atoms with Gasteiger partial charge >= 0.3 is 0 Å². The predicted molar refractivity (Wildman–Crippen MR) is 108 cm³/mol. The summed E-state index contributed by atoms with van der Waals surface area (Å²) in [6, 6.07) is 15.4. The highest BCUT2D eigenvalue weighted by Gasteiger charge is 2.37. The van der Waals surface area contributed by atoms with Crippen LogP contribution in [0.2, 0.25) is 0 Å². The van der Waals surface area contributed by atoms with Crippen molar-refractivity contribution in [2.75, 3.05) is 0 Å². The number of rotatable bonds is 5. The SMILES string of the molecule is O=C([O-])[C@H](Cc1ccccc1)N1C(=O)/C(=C/c2ccc(Br)cc2)SC1=S. The first kappa shape index (κ1) is 18.8. The Balaban J connectivity index is 1.86. The fourth-order valence-electron chi connectivity index (χ4n) is 2.58. The number of hydrogen-bond donors (Lipinski definition) is 0. The lowest BCUT2D eigenvalue weighted by atomic mass is 10.0. The molecule has 0 saturated carbocycles. The number of carbonyl (C=O) groups excluding carboxylic acids is 2. The minimum atomic E-state index is -1.32. The van der Waals surface area contributed by atoms with Crippen LogP contribution in [-0.2, 0) is 16.0 Å². The number of thioether (sulfide) groups is 1. The molecule has 0 aliphatic carbocycles. The van der Waals surface area contributed by atoms with Gasteiger partial charge in [0.05, 0.1) is 16.9 Å². The van der Waals surface area contributed by atoms with Crippen molar-refractivity contribution in [3.05, 3.63) is 75.1 Å². The van der Waals surface area contributed by atoms with E-state index in [1.165, 1.54) is 0 Å². The molecule has 1 aliphatic rings. The van der Waals surface area contributed by atoms with Crippen LogP contribution in [0.15, 0.2) is 64.0 Å². The highest BCUT2D eigenvalue weighted by molar-refractivity contribution is 9.10. The van der Waals surface area contributed by atoms with Crippen molar-refractivity contribution >= 4 is 62.2 Å². The molecule has 26 heavy (non-hydrogen) atoms. The molecule has 1 fully saturated rings. The lowest BCUT2D eigenvalue weighted by Gasteiger charge is -2.27. The van der Waals surface area contributed by atoms with Gasteiger partial charge in [0.15, 0.2) is 0 Å². The van der Waals surface area contributed by atoms with Crippen LogP contribution in [0.5, 0.6) is 0 Å². The summed E-state index contributed by atoms with van der Waals surface area (Å²) in [7, 11) is 0. The standard InChI is InChI=1S/C19H14BrNO3S2/c20-14-8-6-13(7-9-14)11-16-17(22)21(19(25)26-16)15(18(23)24)10-12-4-2-1-3-5-12/h1-9,11,15H,10H2,(H,23,24)/p-1/b16-11-/t15-/m0/s1. The van der Waals surface area contributed by atoms with Gasteiger partial charge in [-0.15, -0.1) is 0 Å². The van der Waals surface area contributed by atoms with Gasteiger partial charge in [0.25, 0.3) is 5.91 Å². The maximum absolute atomic E-state index is 12.8. The monoisotopic (exact) mass is 446 g/mol. The van der Waals surface area contributed by atoms with Crippen molar-refractivity contribution in [1.29, 1.82) is 0 Å². The minimum absolute atomic E-state index is 0.140. The van der Waals surface area contributed by atoms with Crippen LogP contribution in [0.25, 0.3) is 6.08 Å². The van der Waals surface area contributed by atoms with Gasteiger partial charge in [-0.05, 0) is 35.8 Å². The lowest BCUT2D eigenvalue weighted by Crippen LogP contribution is -2.51. The summed E-state index contributed by atoms with van der Waals surface area (Å²) in [6.07, 6.45) is 1.85. The summed E-state index contributed by atoms with van der Waals surface area (Å²) in [4.78, 5) is 26.0. The molecule has 132 valence electrons. The number of carbonyl (C=O) groups is 2. The number of nitrogens with zero attached hydrogens (tertiary/aromatic N) is 1. The molecular formula is C19H13BrNO3S2-. The molecule has 0 unspecified atom stereocenters. The van der Waals surface area contributed by atoms with Gasteiger partial charge < -0.3 is 9.90 Å². The Morgan fingerprint density at radius 2 is 1.85 bits per heavy atom. The van der Waals surface area contributed by atoms with E-state index in [0.717, 1.165) is 32.3 Å². The third-order valence-corrected chi connectivity index (χ3v) is 5.71. The van der Waals surface area contributed by atoms with E-state index in [-0.39, 0.29) is 10.7 Å². The lowest BCUT2D eigenvalue weighted by molar-refractivity contribution is -0.310. The minimum Gasteiger partial charge on any atom is -0.548 e. The second-order valence-electron chi connectivity index (χ2n) is 5.63. The molecule has 0 N–H and O–H groups in total. The molecule has 1 aliphatic heterocycles. The Kier molecular flexibility index (Phi) is 5.90. The van der Waals surface area contributed by atoms with Crippen molar-refractivity contribution in [2.24, 2.45) is 0 Å². The molecule has 0 radical (unpaired) electrons. The van der Waals surface area contributed by atoms with Crippen LogP contribution in [0.4, 0.5) is 0 Å². The summed E-state index contributed by atoms with van der Waals surface area (Å²) in [5.41, 5.74) is 1.63. The normalized spacial score (nSPS) is 17.0. The molecule has 3 rings (SSSR count). The molecule has 1 heterocycles. The smallest absolute Gasteiger partial charge is 0.266 e. The second kappa shape index (κ2) is 8.16. The Hall–Kier alpha value is -1.96. The zero-order chi connectivity index (χ0) is 18.7. The predicted octanol–water partition coefficient (Wildman–Crippen LogP) is 3.01. The van der Waals surface area contributed by atoms with E-state index >= 15 is 0 Å². The van der Waals surface area contributed by atoms with Gasteiger partial charge in [-0.25, -0.2) is 0 Å². The van der Waals surface area contributed by atoms with Gasteiger partial charge in [0, 0.05) is 4.47 Å². The summed E-state index contributed by atoms with van der Waals surface area (Å²) >= 11 is 9.74. The zero-order valence-electron chi connectivity index (χ0n) is 13.4. The van der Waals surface area contributed by atoms with Crippen molar-refractivity contribution in [1.82, 2.24) is 4.90 Å². The number of carboxylic acids is 1. The van der Waals surface area contributed by atoms with Gasteiger partial charge in [-0.3, -0.25) is 9.69 Å². The number of benzene rings is 2. The molecule has 0 aromatic heterocycles. The molecule has 0 bridgehead atoms. The van der Waals surface area contributed by atoms with Crippen LogP contribution in [0.3, 0.4) is 0 Å². The number of halogens is 1. The van der Waals surface area contributed by atoms with Gasteiger partial charge in [0.2, 0.25) is 0 Å². The first-order chi connectivity index (χ1) is 12.5. The molecule has 2 aromatic rings. The Morgan fingerprint density at radius 3 is 2.46 bits per heavy atom. The van der Waals surface area contributed by atoms with Gasteiger partial charge in [-0.1, -0.05) is 82.4 Å². The van der Waals surface area contributed by atoms with Crippen LogP contribution in [0, 0.1) is 0 Å². The molecule has 1 atom stereocenters. The quantitative estimate of drug-likeness (QED) is 0.521. The average molecular weight is 447 g/mol. The second-order valence-corrected chi connectivity index (χ2v) is 8.22. The highest BCUT2D eigenvalue weighted by Crippen LogP contribution is 2.34. The van der Waals surface area contributed by atoms with Crippen molar-refractivity contribution in [3.63, 3.8) is 0 Å². The van der Waals surface area contributed by atoms with E-state index in [1.54, 1.807) is 6.08 Å². The molecular weight excluding hydrogens is 434 g/mol. The summed E-state index contributed by atoms with van der Waals surface area (Å²) in [6.45, 7) is 0. The molecule has 4 nitrogen and oxygen atoms in total. The van der Waals surface area contributed by atoms with E-state index < -0.39 is 17.9 Å². The Labute approximate surface area is 169 Å². The van der Waals surface area contributed by atoms with Crippen LogP contribution >= 0.6 is 39.9 Å². The van der Waals surface area contributed by atoms with E-state index in [4.69, 9.17) is 12.2 Å². The third-order valence-electron chi connectivity index (χ3n) is 3.85. The molecule has 1 amide bonds. The first-order valence-electron chi connectivity index (χ1n) is 7.73. The maximum Gasteiger partial charge on any atom is 0.266 e. The third kappa shape index (κ3) is 4.23. The number of carboxylic acid groups (broad SMARTS) is 1. The Bertz CT molecular complexity index is 881. The van der Waals surface area contributed by atoms with Crippen LogP contribution in [0.1, 0.15) is 11.1 Å². The largest absolute Gasteiger partial charge is 0.548 e. The molecule has 2 aromatic carbocycles. The number of hydrogen-bond acceptors (Lipinski definition) is 5. The first-order valence-corrected chi connectivity index (χ1v) is 9.75. The molecule has 7 heteroatoms. The topological polar surface area (TPSA) is 60.4 Å². The fraction of sp³-hybridized carbons (Fsp3) is 0.105. The number of amides is 1. The van der Waals surface area contributed by atoms with E-state index in [1.807, 2.05) is 54.6 Å². The van der Waals surface area contributed by atoms with Gasteiger partial charge in [0.1, 0.15) is 4.32 Å². The van der Waals surface area contributed by atoms with Crippen molar-refractivity contribution in [3.8, 4) is 0 Å². The zero-order valence-corrected chi connectivity index (χ0v) is 16.6. The highest BCUT2D eigenvalue weighted by atomic mass is 79.9. The van der Waals surface area contributed by atoms with E-state index in [2.05, 4.69) is 15.9 Å². The van der Waals surface area contributed by atoms with Crippen LogP contribution in [-0.4, -0.2) is 27.1 Å². The summed E-state index contributed by atoms with van der Waals surface area (Å²) in [5, 5.41) is 11.7. The maximum atomic E-state index is 12.8. The number of aliphatic carboxylic acids is 1. The van der Waals surface area contributed by atoms with Crippen molar-refractivity contribution < 1.29 is 14.7 Å². The Morgan fingerprint density at radius 1 is 1.19 bits per heavy atom. The molecule has 0 spiro atoms.